The van der Waals surface area contributed by atoms with Gasteiger partial charge in [-0.05, 0) is 57.7 Å². The fourth-order valence-corrected chi connectivity index (χ4v) is 3.02. The quantitative estimate of drug-likeness (QED) is 0.902. The fraction of sp³-hybridized carbons (Fsp3) is 0.611. The number of benzene rings is 1. The van der Waals surface area contributed by atoms with Gasteiger partial charge in [-0.1, -0.05) is 18.2 Å². The van der Waals surface area contributed by atoms with E-state index in [1.54, 1.807) is 17.0 Å². The summed E-state index contributed by atoms with van der Waals surface area (Å²) in [5, 5.41) is 10.3. The highest BCUT2D eigenvalue weighted by molar-refractivity contribution is 5.69. The second-order valence-electron chi connectivity index (χ2n) is 7.38. The average molecular weight is 323 g/mol. The van der Waals surface area contributed by atoms with Crippen LogP contribution in [0.4, 0.5) is 9.18 Å². The Hall–Kier alpha value is -1.62. The molecule has 1 aliphatic rings. The molecule has 23 heavy (non-hydrogen) atoms. The number of nitrogens with zero attached hydrogens (tertiary/aromatic N) is 1. The number of hydrogen-bond acceptors (Lipinski definition) is 3. The molecule has 1 N–H and O–H groups in total. The zero-order chi connectivity index (χ0) is 17.4. The molecule has 0 aromatic heterocycles. The van der Waals surface area contributed by atoms with Crippen LogP contribution >= 0.6 is 0 Å². The SMILES string of the molecule is C[C@H]1c2cccc([C@](C)(O)CF)c2CCN1C(=O)OC(C)(C)C. The lowest BCUT2D eigenvalue weighted by Crippen LogP contribution is -2.43. The summed E-state index contributed by atoms with van der Waals surface area (Å²) in [7, 11) is 0. The van der Waals surface area contributed by atoms with Gasteiger partial charge in [0.1, 0.15) is 17.9 Å². The van der Waals surface area contributed by atoms with Gasteiger partial charge >= 0.3 is 6.09 Å². The third-order valence-corrected chi connectivity index (χ3v) is 4.20. The third-order valence-electron chi connectivity index (χ3n) is 4.20. The summed E-state index contributed by atoms with van der Waals surface area (Å²) in [5.41, 5.74) is 0.430. The summed E-state index contributed by atoms with van der Waals surface area (Å²) in [6, 6.07) is 5.31. The topological polar surface area (TPSA) is 49.8 Å². The summed E-state index contributed by atoms with van der Waals surface area (Å²) >= 11 is 0. The van der Waals surface area contributed by atoms with Gasteiger partial charge in [0, 0.05) is 6.54 Å². The van der Waals surface area contributed by atoms with E-state index < -0.39 is 17.9 Å². The average Bonchev–Trinajstić information content (AvgIpc) is 2.45. The number of rotatable bonds is 2. The van der Waals surface area contributed by atoms with Crippen molar-refractivity contribution in [1.29, 1.82) is 0 Å². The minimum atomic E-state index is -1.50. The monoisotopic (exact) mass is 323 g/mol. The molecule has 1 aromatic carbocycles. The van der Waals surface area contributed by atoms with Crippen molar-refractivity contribution < 1.29 is 19.0 Å². The summed E-state index contributed by atoms with van der Waals surface area (Å²) in [5.74, 6) is 0. The largest absolute Gasteiger partial charge is 0.444 e. The molecule has 1 aromatic rings. The summed E-state index contributed by atoms with van der Waals surface area (Å²) in [4.78, 5) is 14.0. The Labute approximate surface area is 137 Å². The molecule has 0 saturated carbocycles. The summed E-state index contributed by atoms with van der Waals surface area (Å²) in [6.07, 6.45) is 0.226. The maximum absolute atomic E-state index is 13.2. The van der Waals surface area contributed by atoms with Crippen LogP contribution in [0.2, 0.25) is 0 Å². The first-order chi connectivity index (χ1) is 10.6. The molecule has 0 fully saturated rings. The van der Waals surface area contributed by atoms with Gasteiger partial charge in [0.25, 0.3) is 0 Å². The standard InChI is InChI=1S/C18H26FNO3/c1-12-13-7-6-8-15(18(5,22)11-19)14(13)9-10-20(12)16(21)23-17(2,3)4/h6-8,12,22H,9-11H2,1-5H3/t12-,18+/m0/s1. The van der Waals surface area contributed by atoms with Gasteiger partial charge in [-0.25, -0.2) is 9.18 Å². The van der Waals surface area contributed by atoms with E-state index >= 15 is 0 Å². The van der Waals surface area contributed by atoms with Crippen LogP contribution in [0.25, 0.3) is 0 Å². The summed E-state index contributed by atoms with van der Waals surface area (Å²) in [6.45, 7) is 8.57. The molecule has 0 bridgehead atoms. The number of halogens is 1. The maximum Gasteiger partial charge on any atom is 0.410 e. The molecule has 128 valence electrons. The van der Waals surface area contributed by atoms with Gasteiger partial charge in [-0.2, -0.15) is 0 Å². The Morgan fingerprint density at radius 1 is 1.39 bits per heavy atom. The fourth-order valence-electron chi connectivity index (χ4n) is 3.02. The minimum Gasteiger partial charge on any atom is -0.444 e. The maximum atomic E-state index is 13.2. The molecule has 0 aliphatic carbocycles. The van der Waals surface area contributed by atoms with Gasteiger partial charge in [-0.15, -0.1) is 0 Å². The molecular formula is C18H26FNO3. The van der Waals surface area contributed by atoms with Crippen LogP contribution in [-0.4, -0.2) is 34.9 Å². The molecule has 1 heterocycles. The smallest absolute Gasteiger partial charge is 0.410 e. The summed E-state index contributed by atoms with van der Waals surface area (Å²) < 4.78 is 18.6. The van der Waals surface area contributed by atoms with Crippen LogP contribution in [0, 0.1) is 0 Å². The van der Waals surface area contributed by atoms with E-state index in [0.29, 0.717) is 18.5 Å². The number of aliphatic hydroxyl groups is 1. The highest BCUT2D eigenvalue weighted by Crippen LogP contribution is 2.36. The van der Waals surface area contributed by atoms with Crippen LogP contribution in [0.15, 0.2) is 18.2 Å². The van der Waals surface area contributed by atoms with E-state index in [-0.39, 0.29) is 12.1 Å². The van der Waals surface area contributed by atoms with E-state index in [4.69, 9.17) is 4.74 Å². The lowest BCUT2D eigenvalue weighted by atomic mass is 9.84. The second kappa shape index (κ2) is 6.11. The van der Waals surface area contributed by atoms with Crippen molar-refractivity contribution >= 4 is 6.09 Å². The van der Waals surface area contributed by atoms with Gasteiger partial charge in [0.05, 0.1) is 6.04 Å². The predicted molar refractivity (Wildman–Crippen MR) is 87.0 cm³/mol. The number of carbonyl (C=O) groups excluding carboxylic acids is 1. The Bertz CT molecular complexity index is 592. The molecule has 1 aliphatic heterocycles. The number of amides is 1. The third kappa shape index (κ3) is 3.66. The molecule has 2 rings (SSSR count). The van der Waals surface area contributed by atoms with Crippen molar-refractivity contribution in [3.8, 4) is 0 Å². The number of fused-ring (bicyclic) bond motifs is 1. The molecule has 0 radical (unpaired) electrons. The zero-order valence-electron chi connectivity index (χ0n) is 14.5. The van der Waals surface area contributed by atoms with Crippen molar-refractivity contribution in [2.75, 3.05) is 13.2 Å². The molecule has 0 spiro atoms. The molecule has 0 saturated heterocycles. The van der Waals surface area contributed by atoms with Gasteiger partial charge in [0.2, 0.25) is 0 Å². The number of carbonyl (C=O) groups is 1. The number of ether oxygens (including phenoxy) is 1. The first-order valence-corrected chi connectivity index (χ1v) is 7.97. The minimum absolute atomic E-state index is 0.177. The van der Waals surface area contributed by atoms with Crippen molar-refractivity contribution in [2.45, 2.75) is 58.3 Å². The van der Waals surface area contributed by atoms with Gasteiger partial charge in [0.15, 0.2) is 0 Å². The van der Waals surface area contributed by atoms with E-state index in [1.165, 1.54) is 6.92 Å². The Kier molecular flexibility index (Phi) is 4.71. The second-order valence-corrected chi connectivity index (χ2v) is 7.38. The Balaban J connectivity index is 2.33. The van der Waals surface area contributed by atoms with Gasteiger partial charge in [-0.3, -0.25) is 0 Å². The lowest BCUT2D eigenvalue weighted by Gasteiger charge is -2.38. The molecule has 4 nitrogen and oxygen atoms in total. The highest BCUT2D eigenvalue weighted by Gasteiger charge is 2.35. The Morgan fingerprint density at radius 3 is 2.61 bits per heavy atom. The lowest BCUT2D eigenvalue weighted by molar-refractivity contribution is 0.0146. The van der Waals surface area contributed by atoms with Crippen LogP contribution in [0.1, 0.15) is 57.4 Å². The van der Waals surface area contributed by atoms with Crippen LogP contribution < -0.4 is 0 Å². The van der Waals surface area contributed by atoms with E-state index in [9.17, 15) is 14.3 Å². The van der Waals surface area contributed by atoms with E-state index in [1.807, 2.05) is 33.8 Å². The van der Waals surface area contributed by atoms with Crippen molar-refractivity contribution in [3.63, 3.8) is 0 Å². The van der Waals surface area contributed by atoms with Crippen molar-refractivity contribution in [3.05, 3.63) is 34.9 Å². The number of alkyl halides is 1. The molecule has 5 heteroatoms. The van der Waals surface area contributed by atoms with Crippen molar-refractivity contribution in [1.82, 2.24) is 4.90 Å². The van der Waals surface area contributed by atoms with Gasteiger partial charge < -0.3 is 14.7 Å². The van der Waals surface area contributed by atoms with Crippen LogP contribution in [0.3, 0.4) is 0 Å². The normalized spacial score (nSPS) is 20.7. The Morgan fingerprint density at radius 2 is 2.04 bits per heavy atom. The first kappa shape index (κ1) is 17.7. The predicted octanol–water partition coefficient (Wildman–Crippen LogP) is 3.72. The molecule has 2 atom stereocenters. The van der Waals surface area contributed by atoms with E-state index in [2.05, 4.69) is 0 Å². The molecule has 1 amide bonds. The zero-order valence-corrected chi connectivity index (χ0v) is 14.5. The van der Waals surface area contributed by atoms with Crippen LogP contribution in [0.5, 0.6) is 0 Å². The number of hydrogen-bond donors (Lipinski definition) is 1. The van der Waals surface area contributed by atoms with E-state index in [0.717, 1.165) is 11.1 Å². The van der Waals surface area contributed by atoms with Crippen molar-refractivity contribution in [2.24, 2.45) is 0 Å². The molecule has 0 unspecified atom stereocenters. The first-order valence-electron chi connectivity index (χ1n) is 7.97. The highest BCUT2D eigenvalue weighted by atomic mass is 19.1. The van der Waals surface area contributed by atoms with Crippen LogP contribution in [-0.2, 0) is 16.8 Å². The molecular weight excluding hydrogens is 297 g/mol.